The van der Waals surface area contributed by atoms with Crippen molar-refractivity contribution in [2.24, 2.45) is 16.6 Å². The van der Waals surface area contributed by atoms with E-state index in [2.05, 4.69) is 57.4 Å². The highest BCUT2D eigenvalue weighted by Crippen LogP contribution is 2.23. The molecule has 0 amide bonds. The standard InChI is InChI=1S/C19H31N5.HI/c1-2-23-11-6-9-18(23)14-22-19(20)21-13-16-10-12-24(15-16)17-7-4-3-5-8-17;/h3-5,7-8,16,18H,2,6,9-15H2,1H3,(H3,20,21,22);1H. The quantitative estimate of drug-likeness (QED) is 0.392. The summed E-state index contributed by atoms with van der Waals surface area (Å²) in [4.78, 5) is 9.55. The fourth-order valence-electron chi connectivity index (χ4n) is 3.90. The highest BCUT2D eigenvalue weighted by Gasteiger charge is 2.23. The summed E-state index contributed by atoms with van der Waals surface area (Å²) in [6.45, 7) is 8.51. The first-order valence-electron chi connectivity index (χ1n) is 9.34. The van der Waals surface area contributed by atoms with Crippen LogP contribution in [0.5, 0.6) is 0 Å². The Morgan fingerprint density at radius 3 is 2.80 bits per heavy atom. The number of likely N-dealkylation sites (tertiary alicyclic amines) is 1. The first-order chi connectivity index (χ1) is 11.8. The van der Waals surface area contributed by atoms with Gasteiger partial charge in [0.2, 0.25) is 0 Å². The van der Waals surface area contributed by atoms with Crippen molar-refractivity contribution in [1.29, 1.82) is 0 Å². The number of para-hydroxylation sites is 1. The molecule has 140 valence electrons. The third-order valence-corrected chi connectivity index (χ3v) is 5.35. The van der Waals surface area contributed by atoms with Gasteiger partial charge in [-0.05, 0) is 50.4 Å². The molecule has 1 aromatic carbocycles. The van der Waals surface area contributed by atoms with Crippen LogP contribution >= 0.6 is 24.0 Å². The molecule has 2 aliphatic heterocycles. The molecule has 2 heterocycles. The number of nitrogens with two attached hydrogens (primary N) is 1. The zero-order valence-corrected chi connectivity index (χ0v) is 17.6. The van der Waals surface area contributed by atoms with Gasteiger partial charge in [-0.15, -0.1) is 24.0 Å². The van der Waals surface area contributed by atoms with Crippen LogP contribution in [-0.2, 0) is 0 Å². The van der Waals surface area contributed by atoms with Crippen LogP contribution in [0.25, 0.3) is 0 Å². The minimum Gasteiger partial charge on any atom is -0.371 e. The van der Waals surface area contributed by atoms with Crippen molar-refractivity contribution < 1.29 is 0 Å². The van der Waals surface area contributed by atoms with Crippen LogP contribution in [0.2, 0.25) is 0 Å². The summed E-state index contributed by atoms with van der Waals surface area (Å²) in [5.41, 5.74) is 7.39. The van der Waals surface area contributed by atoms with E-state index in [4.69, 9.17) is 5.73 Å². The van der Waals surface area contributed by atoms with Crippen LogP contribution in [0.4, 0.5) is 5.69 Å². The van der Waals surface area contributed by atoms with Gasteiger partial charge in [-0.3, -0.25) is 9.89 Å². The molecule has 2 unspecified atom stereocenters. The average molecular weight is 457 g/mol. The lowest BCUT2D eigenvalue weighted by Crippen LogP contribution is -2.42. The summed E-state index contributed by atoms with van der Waals surface area (Å²) in [5.74, 6) is 1.21. The van der Waals surface area contributed by atoms with Gasteiger partial charge >= 0.3 is 0 Å². The number of hydrogen-bond donors (Lipinski definition) is 2. The van der Waals surface area contributed by atoms with Crippen LogP contribution in [0, 0.1) is 5.92 Å². The van der Waals surface area contributed by atoms with Crippen LogP contribution in [0.1, 0.15) is 26.2 Å². The van der Waals surface area contributed by atoms with Gasteiger partial charge in [0.05, 0.1) is 0 Å². The lowest BCUT2D eigenvalue weighted by molar-refractivity contribution is 0.267. The summed E-state index contributed by atoms with van der Waals surface area (Å²) in [5, 5.41) is 3.33. The lowest BCUT2D eigenvalue weighted by Gasteiger charge is -2.23. The smallest absolute Gasteiger partial charge is 0.188 e. The molecule has 2 aliphatic rings. The normalized spacial score (nSPS) is 24.4. The SMILES string of the molecule is CCN1CCCC1CNC(N)=NCC1CCN(c2ccccc2)C1.I. The van der Waals surface area contributed by atoms with Crippen LogP contribution < -0.4 is 16.0 Å². The molecular formula is C19H32IN5. The van der Waals surface area contributed by atoms with E-state index in [1.807, 2.05) is 0 Å². The fourth-order valence-corrected chi connectivity index (χ4v) is 3.90. The monoisotopic (exact) mass is 457 g/mol. The van der Waals surface area contributed by atoms with Gasteiger partial charge in [0.25, 0.3) is 0 Å². The minimum absolute atomic E-state index is 0. The summed E-state index contributed by atoms with van der Waals surface area (Å²) in [6, 6.07) is 11.3. The van der Waals surface area contributed by atoms with Gasteiger partial charge < -0.3 is 16.0 Å². The summed E-state index contributed by atoms with van der Waals surface area (Å²) in [6.07, 6.45) is 3.76. The van der Waals surface area contributed by atoms with Crippen LogP contribution in [0.3, 0.4) is 0 Å². The highest BCUT2D eigenvalue weighted by molar-refractivity contribution is 14.0. The zero-order valence-electron chi connectivity index (χ0n) is 15.2. The van der Waals surface area contributed by atoms with Gasteiger partial charge in [0.1, 0.15) is 0 Å². The van der Waals surface area contributed by atoms with Gasteiger partial charge in [-0.1, -0.05) is 25.1 Å². The number of aliphatic imine (C=N–C) groups is 1. The number of nitrogens with one attached hydrogen (secondary N) is 1. The second-order valence-electron chi connectivity index (χ2n) is 6.97. The van der Waals surface area contributed by atoms with Crippen LogP contribution in [-0.4, -0.2) is 56.2 Å². The van der Waals surface area contributed by atoms with E-state index in [9.17, 15) is 0 Å². The van der Waals surface area contributed by atoms with Crippen molar-refractivity contribution in [1.82, 2.24) is 10.2 Å². The predicted octanol–water partition coefficient (Wildman–Crippen LogP) is 2.52. The lowest BCUT2D eigenvalue weighted by atomic mass is 10.1. The second-order valence-corrected chi connectivity index (χ2v) is 6.97. The largest absolute Gasteiger partial charge is 0.371 e. The van der Waals surface area contributed by atoms with Crippen molar-refractivity contribution >= 4 is 35.6 Å². The Morgan fingerprint density at radius 2 is 2.04 bits per heavy atom. The molecule has 0 spiro atoms. The third-order valence-electron chi connectivity index (χ3n) is 5.35. The van der Waals surface area contributed by atoms with E-state index >= 15 is 0 Å². The number of halogens is 1. The Hall–Kier alpha value is -1.02. The second kappa shape index (κ2) is 10.2. The molecule has 3 N–H and O–H groups in total. The third kappa shape index (κ3) is 5.74. The van der Waals surface area contributed by atoms with Crippen molar-refractivity contribution in [3.8, 4) is 0 Å². The number of benzene rings is 1. The Balaban J connectivity index is 0.00000225. The summed E-state index contributed by atoms with van der Waals surface area (Å²) < 4.78 is 0. The van der Waals surface area contributed by atoms with Gasteiger partial charge in [0.15, 0.2) is 5.96 Å². The number of nitrogens with zero attached hydrogens (tertiary/aromatic N) is 3. The van der Waals surface area contributed by atoms with Crippen molar-refractivity contribution in [2.45, 2.75) is 32.2 Å². The molecule has 3 rings (SSSR count). The zero-order chi connectivity index (χ0) is 16.8. The predicted molar refractivity (Wildman–Crippen MR) is 117 cm³/mol. The first kappa shape index (κ1) is 20.3. The number of guanidine groups is 1. The van der Waals surface area contributed by atoms with E-state index in [0.29, 0.717) is 17.9 Å². The Bertz CT molecular complexity index is 536. The van der Waals surface area contributed by atoms with E-state index in [0.717, 1.165) is 32.7 Å². The number of likely N-dealkylation sites (N-methyl/N-ethyl adjacent to an activating group) is 1. The van der Waals surface area contributed by atoms with Crippen molar-refractivity contribution in [3.05, 3.63) is 30.3 Å². The maximum Gasteiger partial charge on any atom is 0.188 e. The Morgan fingerprint density at radius 1 is 1.24 bits per heavy atom. The molecule has 1 aromatic rings. The molecule has 0 aliphatic carbocycles. The van der Waals surface area contributed by atoms with E-state index in [1.165, 1.54) is 31.5 Å². The molecular weight excluding hydrogens is 425 g/mol. The first-order valence-corrected chi connectivity index (χ1v) is 9.34. The minimum atomic E-state index is 0. The maximum atomic E-state index is 6.07. The highest BCUT2D eigenvalue weighted by atomic mass is 127. The maximum absolute atomic E-state index is 6.07. The van der Waals surface area contributed by atoms with Crippen LogP contribution in [0.15, 0.2) is 35.3 Å². The average Bonchev–Trinajstić information content (AvgIpc) is 3.28. The van der Waals surface area contributed by atoms with Crippen molar-refractivity contribution in [2.75, 3.05) is 44.2 Å². The van der Waals surface area contributed by atoms with Gasteiger partial charge in [-0.25, -0.2) is 0 Å². The molecule has 0 saturated carbocycles. The number of anilines is 1. The number of rotatable bonds is 6. The molecule has 0 bridgehead atoms. The van der Waals surface area contributed by atoms with E-state index in [-0.39, 0.29) is 24.0 Å². The fraction of sp³-hybridized carbons (Fsp3) is 0.632. The van der Waals surface area contributed by atoms with Crippen molar-refractivity contribution in [3.63, 3.8) is 0 Å². The molecule has 5 nitrogen and oxygen atoms in total. The summed E-state index contributed by atoms with van der Waals surface area (Å²) >= 11 is 0. The van der Waals surface area contributed by atoms with E-state index < -0.39 is 0 Å². The Labute approximate surface area is 169 Å². The molecule has 2 fully saturated rings. The van der Waals surface area contributed by atoms with E-state index in [1.54, 1.807) is 0 Å². The topological polar surface area (TPSA) is 56.9 Å². The molecule has 6 heteroatoms. The molecule has 0 aromatic heterocycles. The summed E-state index contributed by atoms with van der Waals surface area (Å²) in [7, 11) is 0. The molecule has 0 radical (unpaired) electrons. The van der Waals surface area contributed by atoms with Gasteiger partial charge in [-0.2, -0.15) is 0 Å². The van der Waals surface area contributed by atoms with Gasteiger partial charge in [0, 0.05) is 37.9 Å². The number of hydrogen-bond acceptors (Lipinski definition) is 3. The Kier molecular flexibility index (Phi) is 8.29. The molecule has 2 saturated heterocycles. The molecule has 25 heavy (non-hydrogen) atoms. The molecule has 2 atom stereocenters.